The SMILES string of the molecule is Cc1cc(C=O)c(OC(C)C)cc1F. The molecule has 0 saturated heterocycles. The van der Waals surface area contributed by atoms with Crippen molar-refractivity contribution in [2.45, 2.75) is 26.9 Å². The molecule has 0 fully saturated rings. The lowest BCUT2D eigenvalue weighted by molar-refractivity contribution is 0.111. The molecule has 1 aromatic rings. The summed E-state index contributed by atoms with van der Waals surface area (Å²) < 4.78 is 18.5. The zero-order chi connectivity index (χ0) is 10.7. The molecule has 0 spiro atoms. The second-order valence-electron chi connectivity index (χ2n) is 3.42. The van der Waals surface area contributed by atoms with Crippen LogP contribution in [0.3, 0.4) is 0 Å². The molecule has 14 heavy (non-hydrogen) atoms. The number of hydrogen-bond acceptors (Lipinski definition) is 2. The number of rotatable bonds is 3. The summed E-state index contributed by atoms with van der Waals surface area (Å²) in [6.45, 7) is 5.26. The van der Waals surface area contributed by atoms with Crippen LogP contribution in [0, 0.1) is 12.7 Å². The Hall–Kier alpha value is -1.38. The van der Waals surface area contributed by atoms with Gasteiger partial charge in [-0.05, 0) is 32.4 Å². The number of aryl methyl sites for hydroxylation is 1. The molecule has 0 unspecified atom stereocenters. The summed E-state index contributed by atoms with van der Waals surface area (Å²) in [7, 11) is 0. The number of benzene rings is 1. The van der Waals surface area contributed by atoms with Gasteiger partial charge >= 0.3 is 0 Å². The molecule has 76 valence electrons. The van der Waals surface area contributed by atoms with Gasteiger partial charge in [-0.1, -0.05) is 0 Å². The lowest BCUT2D eigenvalue weighted by atomic mass is 10.1. The van der Waals surface area contributed by atoms with Gasteiger partial charge in [0.1, 0.15) is 11.6 Å². The van der Waals surface area contributed by atoms with Gasteiger partial charge in [-0.25, -0.2) is 4.39 Å². The summed E-state index contributed by atoms with van der Waals surface area (Å²) in [6, 6.07) is 2.74. The third-order valence-corrected chi connectivity index (χ3v) is 1.78. The van der Waals surface area contributed by atoms with E-state index in [1.807, 2.05) is 13.8 Å². The summed E-state index contributed by atoms with van der Waals surface area (Å²) in [6.07, 6.45) is 0.597. The highest BCUT2D eigenvalue weighted by molar-refractivity contribution is 5.79. The largest absolute Gasteiger partial charge is 0.490 e. The fourth-order valence-electron chi connectivity index (χ4n) is 1.13. The van der Waals surface area contributed by atoms with Gasteiger partial charge in [0.2, 0.25) is 0 Å². The predicted octanol–water partition coefficient (Wildman–Crippen LogP) is 2.73. The lowest BCUT2D eigenvalue weighted by Gasteiger charge is -2.12. The Morgan fingerprint density at radius 2 is 2.07 bits per heavy atom. The van der Waals surface area contributed by atoms with Crippen molar-refractivity contribution in [1.82, 2.24) is 0 Å². The minimum atomic E-state index is -0.355. The second kappa shape index (κ2) is 4.22. The van der Waals surface area contributed by atoms with Crippen molar-refractivity contribution in [2.24, 2.45) is 0 Å². The molecule has 0 amide bonds. The van der Waals surface area contributed by atoms with Crippen molar-refractivity contribution < 1.29 is 13.9 Å². The van der Waals surface area contributed by atoms with Crippen molar-refractivity contribution >= 4 is 6.29 Å². The fraction of sp³-hybridized carbons (Fsp3) is 0.364. The Kier molecular flexibility index (Phi) is 3.23. The fourth-order valence-corrected chi connectivity index (χ4v) is 1.13. The van der Waals surface area contributed by atoms with Gasteiger partial charge in [-0.15, -0.1) is 0 Å². The van der Waals surface area contributed by atoms with Crippen LogP contribution in [-0.2, 0) is 0 Å². The van der Waals surface area contributed by atoms with E-state index in [4.69, 9.17) is 4.74 Å². The van der Waals surface area contributed by atoms with Crippen molar-refractivity contribution in [3.8, 4) is 5.75 Å². The van der Waals surface area contributed by atoms with Crippen molar-refractivity contribution in [1.29, 1.82) is 0 Å². The molecule has 1 rings (SSSR count). The molecule has 0 aliphatic heterocycles. The Balaban J connectivity index is 3.13. The van der Waals surface area contributed by atoms with Crippen molar-refractivity contribution in [2.75, 3.05) is 0 Å². The molecule has 0 aliphatic rings. The van der Waals surface area contributed by atoms with Crippen LogP contribution in [0.2, 0.25) is 0 Å². The van der Waals surface area contributed by atoms with Gasteiger partial charge < -0.3 is 4.74 Å². The van der Waals surface area contributed by atoms with Crippen LogP contribution in [0.1, 0.15) is 29.8 Å². The monoisotopic (exact) mass is 196 g/mol. The zero-order valence-electron chi connectivity index (χ0n) is 8.50. The molecule has 2 nitrogen and oxygen atoms in total. The highest BCUT2D eigenvalue weighted by Gasteiger charge is 2.09. The Bertz CT molecular complexity index is 345. The molecular weight excluding hydrogens is 183 g/mol. The van der Waals surface area contributed by atoms with Gasteiger partial charge in [-0.2, -0.15) is 0 Å². The van der Waals surface area contributed by atoms with Gasteiger partial charge in [0.15, 0.2) is 6.29 Å². The van der Waals surface area contributed by atoms with Gasteiger partial charge in [-0.3, -0.25) is 4.79 Å². The molecule has 0 aliphatic carbocycles. The molecule has 0 bridgehead atoms. The van der Waals surface area contributed by atoms with E-state index in [0.29, 0.717) is 23.2 Å². The topological polar surface area (TPSA) is 26.3 Å². The van der Waals surface area contributed by atoms with Crippen LogP contribution in [-0.4, -0.2) is 12.4 Å². The van der Waals surface area contributed by atoms with E-state index >= 15 is 0 Å². The average molecular weight is 196 g/mol. The first-order chi connectivity index (χ1) is 6.54. The molecule has 0 radical (unpaired) electrons. The number of hydrogen-bond donors (Lipinski definition) is 0. The van der Waals surface area contributed by atoms with E-state index < -0.39 is 0 Å². The number of ether oxygens (including phenoxy) is 1. The van der Waals surface area contributed by atoms with Crippen molar-refractivity contribution in [3.63, 3.8) is 0 Å². The van der Waals surface area contributed by atoms with Crippen molar-refractivity contribution in [3.05, 3.63) is 29.1 Å². The van der Waals surface area contributed by atoms with E-state index in [1.165, 1.54) is 12.1 Å². The summed E-state index contributed by atoms with van der Waals surface area (Å²) in [5, 5.41) is 0. The van der Waals surface area contributed by atoms with Gasteiger partial charge in [0, 0.05) is 6.07 Å². The highest BCUT2D eigenvalue weighted by atomic mass is 19.1. The quantitative estimate of drug-likeness (QED) is 0.695. The maximum atomic E-state index is 13.2. The minimum absolute atomic E-state index is 0.0733. The van der Waals surface area contributed by atoms with E-state index in [9.17, 15) is 9.18 Å². The number of halogens is 1. The number of aldehydes is 1. The third kappa shape index (κ3) is 2.31. The lowest BCUT2D eigenvalue weighted by Crippen LogP contribution is -2.08. The van der Waals surface area contributed by atoms with Crippen LogP contribution in [0.15, 0.2) is 12.1 Å². The normalized spacial score (nSPS) is 10.4. The molecule has 0 N–H and O–H groups in total. The van der Waals surface area contributed by atoms with E-state index in [2.05, 4.69) is 0 Å². The summed E-state index contributed by atoms with van der Waals surface area (Å²) >= 11 is 0. The Labute approximate surface area is 82.7 Å². The summed E-state index contributed by atoms with van der Waals surface area (Å²) in [5.41, 5.74) is 0.834. The smallest absolute Gasteiger partial charge is 0.153 e. The van der Waals surface area contributed by atoms with Crippen LogP contribution in [0.5, 0.6) is 5.75 Å². The standard InChI is InChI=1S/C11H13FO2/c1-7(2)14-11-5-10(12)8(3)4-9(11)6-13/h4-7H,1-3H3. The maximum Gasteiger partial charge on any atom is 0.153 e. The van der Waals surface area contributed by atoms with E-state index in [1.54, 1.807) is 6.92 Å². The first-order valence-corrected chi connectivity index (χ1v) is 4.46. The summed E-state index contributed by atoms with van der Waals surface area (Å²) in [5.74, 6) is -0.0515. The zero-order valence-corrected chi connectivity index (χ0v) is 8.50. The molecule has 0 heterocycles. The highest BCUT2D eigenvalue weighted by Crippen LogP contribution is 2.22. The first-order valence-electron chi connectivity index (χ1n) is 4.46. The maximum absolute atomic E-state index is 13.2. The number of carbonyl (C=O) groups excluding carboxylic acids is 1. The number of carbonyl (C=O) groups is 1. The molecule has 0 saturated carbocycles. The van der Waals surface area contributed by atoms with Crippen LogP contribution < -0.4 is 4.74 Å². The molecule has 0 aromatic heterocycles. The molecular formula is C11H13FO2. The van der Waals surface area contributed by atoms with Crippen LogP contribution in [0.4, 0.5) is 4.39 Å². The van der Waals surface area contributed by atoms with Gasteiger partial charge in [0.25, 0.3) is 0 Å². The Morgan fingerprint density at radius 1 is 1.43 bits per heavy atom. The van der Waals surface area contributed by atoms with Gasteiger partial charge in [0.05, 0.1) is 11.7 Å². The predicted molar refractivity (Wildman–Crippen MR) is 52.3 cm³/mol. The van der Waals surface area contributed by atoms with Crippen LogP contribution in [0.25, 0.3) is 0 Å². The van der Waals surface area contributed by atoms with Crippen LogP contribution >= 0.6 is 0 Å². The third-order valence-electron chi connectivity index (χ3n) is 1.78. The van der Waals surface area contributed by atoms with E-state index in [-0.39, 0.29) is 11.9 Å². The molecule has 0 atom stereocenters. The second-order valence-corrected chi connectivity index (χ2v) is 3.42. The van der Waals surface area contributed by atoms with E-state index in [0.717, 1.165) is 0 Å². The first kappa shape index (κ1) is 10.7. The summed E-state index contributed by atoms with van der Waals surface area (Å²) in [4.78, 5) is 10.7. The molecule has 3 heteroatoms. The molecule has 1 aromatic carbocycles. The minimum Gasteiger partial charge on any atom is -0.490 e. The average Bonchev–Trinajstić information content (AvgIpc) is 2.10. The Morgan fingerprint density at radius 3 is 2.57 bits per heavy atom.